The molecule has 1 heterocycles. The van der Waals surface area contributed by atoms with Gasteiger partial charge in [-0.2, -0.15) is 5.10 Å². The number of carbonyl (C=O) groups excluding carboxylic acids is 1. The Morgan fingerprint density at radius 1 is 1.08 bits per heavy atom. The number of para-hydroxylation sites is 1. The first-order valence-electron chi connectivity index (χ1n) is 8.26. The van der Waals surface area contributed by atoms with Crippen LogP contribution >= 0.6 is 11.8 Å². The first-order chi connectivity index (χ1) is 12.6. The van der Waals surface area contributed by atoms with E-state index in [1.54, 1.807) is 10.9 Å². The summed E-state index contributed by atoms with van der Waals surface area (Å²) in [6, 6.07) is 19.1. The third-order valence-electron chi connectivity index (χ3n) is 3.95. The first-order valence-corrected chi connectivity index (χ1v) is 9.24. The topological polar surface area (TPSA) is 75.3 Å². The molecule has 0 spiro atoms. The van der Waals surface area contributed by atoms with Gasteiger partial charge < -0.3 is 10.2 Å². The zero-order valence-corrected chi connectivity index (χ0v) is 15.1. The molecule has 0 aliphatic carbocycles. The molecular weight excluding hydrogens is 348 g/mol. The van der Waals surface area contributed by atoms with E-state index >= 15 is 0 Å². The molecule has 26 heavy (non-hydrogen) atoms. The second-order valence-electron chi connectivity index (χ2n) is 5.89. The van der Waals surface area contributed by atoms with Gasteiger partial charge in [-0.05, 0) is 12.1 Å². The summed E-state index contributed by atoms with van der Waals surface area (Å²) in [5.41, 5.74) is 2.84. The van der Waals surface area contributed by atoms with Crippen LogP contribution in [0.5, 0.6) is 0 Å². The van der Waals surface area contributed by atoms with Crippen molar-refractivity contribution in [2.45, 2.75) is 19.1 Å². The van der Waals surface area contributed by atoms with Crippen LogP contribution in [0.2, 0.25) is 0 Å². The molecule has 0 amide bonds. The summed E-state index contributed by atoms with van der Waals surface area (Å²) in [6.07, 6.45) is -0.487. The van der Waals surface area contributed by atoms with E-state index in [4.69, 9.17) is 0 Å². The third kappa shape index (κ3) is 4.22. The van der Waals surface area contributed by atoms with Gasteiger partial charge in [0.2, 0.25) is 0 Å². The van der Waals surface area contributed by atoms with Crippen LogP contribution in [0.3, 0.4) is 0 Å². The fourth-order valence-electron chi connectivity index (χ4n) is 2.64. The lowest BCUT2D eigenvalue weighted by Gasteiger charge is -2.17. The molecule has 0 radical (unpaired) electrons. The summed E-state index contributed by atoms with van der Waals surface area (Å²) in [5.74, 6) is 0.126. The molecule has 5 nitrogen and oxygen atoms in total. The largest absolute Gasteiger partial charge is 0.389 e. The third-order valence-corrected chi connectivity index (χ3v) is 4.87. The molecule has 134 valence electrons. The van der Waals surface area contributed by atoms with Crippen LogP contribution in [-0.4, -0.2) is 37.0 Å². The maximum Gasteiger partial charge on any atom is 0.185 e. The molecule has 2 atom stereocenters. The Morgan fingerprint density at radius 3 is 2.31 bits per heavy atom. The number of rotatable bonds is 6. The Morgan fingerprint density at radius 2 is 1.69 bits per heavy atom. The Balaban J connectivity index is 1.99. The number of aromatic nitrogens is 2. The van der Waals surface area contributed by atoms with Gasteiger partial charge in [0.05, 0.1) is 17.5 Å². The Bertz CT molecular complexity index is 865. The van der Waals surface area contributed by atoms with Crippen molar-refractivity contribution in [3.63, 3.8) is 0 Å². The lowest BCUT2D eigenvalue weighted by Crippen LogP contribution is -2.21. The minimum Gasteiger partial charge on any atom is -0.389 e. The van der Waals surface area contributed by atoms with Crippen LogP contribution in [0, 0.1) is 0 Å². The monoisotopic (exact) mass is 368 g/mol. The first kappa shape index (κ1) is 18.4. The minimum absolute atomic E-state index is 0.0977. The fourth-order valence-corrected chi connectivity index (χ4v) is 3.23. The van der Waals surface area contributed by atoms with E-state index in [1.165, 1.54) is 6.92 Å². The van der Waals surface area contributed by atoms with Gasteiger partial charge in [0.15, 0.2) is 5.12 Å². The molecular formula is C20H20N2O3S. The summed E-state index contributed by atoms with van der Waals surface area (Å²) in [7, 11) is 0. The van der Waals surface area contributed by atoms with E-state index in [0.717, 1.165) is 23.0 Å². The van der Waals surface area contributed by atoms with E-state index in [9.17, 15) is 15.0 Å². The average molecular weight is 368 g/mol. The molecule has 0 aliphatic rings. The predicted molar refractivity (Wildman–Crippen MR) is 103 cm³/mol. The fraction of sp³-hybridized carbons (Fsp3) is 0.200. The van der Waals surface area contributed by atoms with Crippen LogP contribution in [0.4, 0.5) is 0 Å². The molecule has 2 aromatic carbocycles. The highest BCUT2D eigenvalue weighted by Gasteiger charge is 2.25. The summed E-state index contributed by atoms with van der Waals surface area (Å²) in [5, 5.41) is 25.5. The van der Waals surface area contributed by atoms with Gasteiger partial charge in [0.25, 0.3) is 0 Å². The number of hydrogen-bond donors (Lipinski definition) is 2. The Kier molecular flexibility index (Phi) is 5.88. The summed E-state index contributed by atoms with van der Waals surface area (Å²) in [4.78, 5) is 11.1. The van der Waals surface area contributed by atoms with Crippen molar-refractivity contribution in [1.29, 1.82) is 0 Å². The standard InChI is InChI=1S/C20H20N2O3S/c1-14(23)26-13-18(24)20(25)17-12-22(16-10-6-3-7-11-16)21-19(17)15-8-4-2-5-9-15/h2-12,18,20,24-25H,13H2,1H3. The molecule has 2 unspecified atom stereocenters. The van der Waals surface area contributed by atoms with Gasteiger partial charge in [0.1, 0.15) is 6.10 Å². The van der Waals surface area contributed by atoms with Gasteiger partial charge in [-0.3, -0.25) is 4.79 Å². The minimum atomic E-state index is -1.14. The van der Waals surface area contributed by atoms with Crippen LogP contribution in [0.15, 0.2) is 66.9 Å². The highest BCUT2D eigenvalue weighted by atomic mass is 32.2. The number of hydrogen-bond acceptors (Lipinski definition) is 5. The lowest BCUT2D eigenvalue weighted by atomic mass is 10.0. The number of nitrogens with zero attached hydrogens (tertiary/aromatic N) is 2. The molecule has 2 N–H and O–H groups in total. The van der Waals surface area contributed by atoms with Gasteiger partial charge in [-0.15, -0.1) is 0 Å². The number of aliphatic hydroxyl groups excluding tert-OH is 2. The van der Waals surface area contributed by atoms with Gasteiger partial charge in [-0.25, -0.2) is 4.68 Å². The maximum atomic E-state index is 11.1. The lowest BCUT2D eigenvalue weighted by molar-refractivity contribution is -0.109. The highest BCUT2D eigenvalue weighted by molar-refractivity contribution is 8.13. The molecule has 6 heteroatoms. The van der Waals surface area contributed by atoms with Crippen molar-refractivity contribution in [3.8, 4) is 16.9 Å². The summed E-state index contributed by atoms with van der Waals surface area (Å²) in [6.45, 7) is 1.44. The molecule has 0 saturated carbocycles. The number of carbonyl (C=O) groups is 1. The quantitative estimate of drug-likeness (QED) is 0.699. The van der Waals surface area contributed by atoms with Crippen molar-refractivity contribution >= 4 is 16.9 Å². The van der Waals surface area contributed by atoms with E-state index < -0.39 is 12.2 Å². The van der Waals surface area contributed by atoms with Gasteiger partial charge in [-0.1, -0.05) is 60.3 Å². The zero-order valence-electron chi connectivity index (χ0n) is 14.3. The second-order valence-corrected chi connectivity index (χ2v) is 7.09. The van der Waals surface area contributed by atoms with Crippen LogP contribution in [0.1, 0.15) is 18.6 Å². The molecule has 0 saturated heterocycles. The normalized spacial score (nSPS) is 13.3. The van der Waals surface area contributed by atoms with E-state index in [0.29, 0.717) is 11.3 Å². The predicted octanol–water partition coefficient (Wildman–Crippen LogP) is 3.21. The van der Waals surface area contributed by atoms with Gasteiger partial charge in [0, 0.05) is 30.0 Å². The molecule has 3 rings (SSSR count). The maximum absolute atomic E-state index is 11.1. The van der Waals surface area contributed by atoms with Crippen molar-refractivity contribution in [2.24, 2.45) is 0 Å². The average Bonchev–Trinajstić information content (AvgIpc) is 3.12. The van der Waals surface area contributed by atoms with Crippen LogP contribution in [0.25, 0.3) is 16.9 Å². The van der Waals surface area contributed by atoms with Gasteiger partial charge >= 0.3 is 0 Å². The van der Waals surface area contributed by atoms with E-state index in [-0.39, 0.29) is 10.9 Å². The molecule has 0 bridgehead atoms. The zero-order chi connectivity index (χ0) is 18.5. The molecule has 0 fully saturated rings. The van der Waals surface area contributed by atoms with Crippen molar-refractivity contribution in [3.05, 3.63) is 72.4 Å². The van der Waals surface area contributed by atoms with Crippen LogP contribution < -0.4 is 0 Å². The van der Waals surface area contributed by atoms with Crippen molar-refractivity contribution in [2.75, 3.05) is 5.75 Å². The number of benzene rings is 2. The van der Waals surface area contributed by atoms with E-state index in [2.05, 4.69) is 5.10 Å². The second kappa shape index (κ2) is 8.31. The number of thioether (sulfide) groups is 1. The summed E-state index contributed by atoms with van der Waals surface area (Å²) >= 11 is 0.991. The number of aliphatic hydroxyl groups is 2. The Labute approximate surface area is 156 Å². The summed E-state index contributed by atoms with van der Waals surface area (Å²) < 4.78 is 1.69. The smallest absolute Gasteiger partial charge is 0.185 e. The van der Waals surface area contributed by atoms with Crippen molar-refractivity contribution < 1.29 is 15.0 Å². The van der Waals surface area contributed by atoms with E-state index in [1.807, 2.05) is 60.7 Å². The Hall–Kier alpha value is -2.41. The SMILES string of the molecule is CC(=O)SCC(O)C(O)c1cn(-c2ccccc2)nc1-c1ccccc1. The van der Waals surface area contributed by atoms with Crippen LogP contribution in [-0.2, 0) is 4.79 Å². The highest BCUT2D eigenvalue weighted by Crippen LogP contribution is 2.30. The van der Waals surface area contributed by atoms with Crippen molar-refractivity contribution in [1.82, 2.24) is 9.78 Å². The molecule has 1 aromatic heterocycles. The molecule has 3 aromatic rings. The molecule has 0 aliphatic heterocycles.